The predicted molar refractivity (Wildman–Crippen MR) is 93.4 cm³/mol. The lowest BCUT2D eigenvalue weighted by atomic mass is 10.2. The molecule has 1 aromatic rings. The Labute approximate surface area is 150 Å². The van der Waals surface area contributed by atoms with E-state index in [1.54, 1.807) is 24.3 Å². The number of anilines is 1. The molecule has 8 nitrogen and oxygen atoms in total. The molecule has 0 aromatic heterocycles. The molecule has 0 saturated heterocycles. The third-order valence-electron chi connectivity index (χ3n) is 2.77. The zero-order valence-electron chi connectivity index (χ0n) is 12.5. The Morgan fingerprint density at radius 2 is 1.96 bits per heavy atom. The summed E-state index contributed by atoms with van der Waals surface area (Å²) in [7, 11) is 0. The fourth-order valence-corrected chi connectivity index (χ4v) is 2.68. The maximum atomic E-state index is 11.9. The second kappa shape index (κ2) is 8.06. The minimum Gasteiger partial charge on any atom is -0.337 e. The van der Waals surface area contributed by atoms with Gasteiger partial charge in [0, 0.05) is 17.1 Å². The molecule has 0 radical (unpaired) electrons. The highest BCUT2D eigenvalue weighted by molar-refractivity contribution is 9.10. The van der Waals surface area contributed by atoms with Crippen LogP contribution >= 0.6 is 27.7 Å². The summed E-state index contributed by atoms with van der Waals surface area (Å²) >= 11 is 4.21. The number of carbonyl (C=O) groups excluding carboxylic acids is 4. The Hall–Kier alpha value is -2.20. The van der Waals surface area contributed by atoms with Crippen molar-refractivity contribution in [3.8, 4) is 0 Å². The standard InChI is InChI=1S/C14H13BrN4O4S/c1-7(20)16-11-12(22)18-14(19-13(11)23)24-6-10(21)17-9-4-2-8(15)3-5-9/h2-5,11H,6H2,1H3,(H,16,20)(H,17,21)(H,18,19,22,23). The molecule has 2 rings (SSSR count). The monoisotopic (exact) mass is 412 g/mol. The van der Waals surface area contributed by atoms with Gasteiger partial charge >= 0.3 is 0 Å². The van der Waals surface area contributed by atoms with Crippen LogP contribution < -0.4 is 16.0 Å². The third kappa shape index (κ3) is 5.17. The van der Waals surface area contributed by atoms with E-state index in [9.17, 15) is 19.2 Å². The van der Waals surface area contributed by atoms with Gasteiger partial charge in [0.15, 0.2) is 11.2 Å². The maximum Gasteiger partial charge on any atom is 0.280 e. The van der Waals surface area contributed by atoms with Crippen molar-refractivity contribution in [2.45, 2.75) is 13.0 Å². The molecule has 0 aliphatic carbocycles. The van der Waals surface area contributed by atoms with E-state index in [4.69, 9.17) is 0 Å². The Morgan fingerprint density at radius 3 is 2.54 bits per heavy atom. The van der Waals surface area contributed by atoms with Crippen LogP contribution in [-0.2, 0) is 19.2 Å². The SMILES string of the molecule is CC(=O)NC1C(=O)N=C(SCC(=O)Nc2ccc(Br)cc2)NC1=O. The molecule has 4 amide bonds. The first-order chi connectivity index (χ1) is 11.3. The molecule has 0 saturated carbocycles. The number of nitrogens with zero attached hydrogens (tertiary/aromatic N) is 1. The van der Waals surface area contributed by atoms with Gasteiger partial charge in [0.1, 0.15) is 0 Å². The first-order valence-electron chi connectivity index (χ1n) is 6.74. The fourth-order valence-electron chi connectivity index (χ4n) is 1.75. The molecule has 0 bridgehead atoms. The molecule has 1 aromatic carbocycles. The van der Waals surface area contributed by atoms with E-state index < -0.39 is 23.8 Å². The van der Waals surface area contributed by atoms with E-state index in [1.165, 1.54) is 6.92 Å². The minimum absolute atomic E-state index is 0.0255. The largest absolute Gasteiger partial charge is 0.337 e. The molecular formula is C14H13BrN4O4S. The van der Waals surface area contributed by atoms with Crippen molar-refractivity contribution in [1.29, 1.82) is 0 Å². The van der Waals surface area contributed by atoms with Crippen molar-refractivity contribution >= 4 is 62.2 Å². The second-order valence-corrected chi connectivity index (χ2v) is 6.60. The molecule has 1 aliphatic rings. The summed E-state index contributed by atoms with van der Waals surface area (Å²) in [5.74, 6) is -2.31. The number of amidine groups is 1. The highest BCUT2D eigenvalue weighted by Gasteiger charge is 2.32. The number of halogens is 1. The molecule has 1 unspecified atom stereocenters. The number of aliphatic imine (C=N–C) groups is 1. The summed E-state index contributed by atoms with van der Waals surface area (Å²) in [6.07, 6.45) is 0. The molecule has 126 valence electrons. The van der Waals surface area contributed by atoms with E-state index in [0.717, 1.165) is 16.2 Å². The number of carbonyl (C=O) groups is 4. The smallest absolute Gasteiger partial charge is 0.280 e. The Kier molecular flexibility index (Phi) is 6.10. The lowest BCUT2D eigenvalue weighted by Crippen LogP contribution is -2.54. The number of hydrogen-bond acceptors (Lipinski definition) is 5. The van der Waals surface area contributed by atoms with E-state index in [2.05, 4.69) is 36.9 Å². The number of benzene rings is 1. The first kappa shape index (κ1) is 18.1. The van der Waals surface area contributed by atoms with Crippen molar-refractivity contribution in [2.24, 2.45) is 4.99 Å². The fraction of sp³-hybridized carbons (Fsp3) is 0.214. The predicted octanol–water partition coefficient (Wildman–Crippen LogP) is 0.638. The van der Waals surface area contributed by atoms with Gasteiger partial charge in [-0.25, -0.2) is 0 Å². The van der Waals surface area contributed by atoms with E-state index in [1.807, 2.05) is 0 Å². The average Bonchev–Trinajstić information content (AvgIpc) is 2.51. The van der Waals surface area contributed by atoms with Gasteiger partial charge in [0.25, 0.3) is 11.8 Å². The number of nitrogens with one attached hydrogen (secondary N) is 3. The minimum atomic E-state index is -1.33. The van der Waals surface area contributed by atoms with Crippen LogP contribution in [0.1, 0.15) is 6.92 Å². The van der Waals surface area contributed by atoms with Crippen LogP contribution in [0.3, 0.4) is 0 Å². The number of rotatable bonds is 4. The number of hydrogen-bond donors (Lipinski definition) is 3. The first-order valence-corrected chi connectivity index (χ1v) is 8.52. The van der Waals surface area contributed by atoms with Gasteiger partial charge < -0.3 is 16.0 Å². The van der Waals surface area contributed by atoms with E-state index >= 15 is 0 Å². The quantitative estimate of drug-likeness (QED) is 0.627. The van der Waals surface area contributed by atoms with E-state index in [0.29, 0.717) is 5.69 Å². The Morgan fingerprint density at radius 1 is 1.29 bits per heavy atom. The van der Waals surface area contributed by atoms with Gasteiger partial charge in [-0.2, -0.15) is 4.99 Å². The molecule has 1 atom stereocenters. The van der Waals surface area contributed by atoms with Gasteiger partial charge in [-0.3, -0.25) is 19.2 Å². The van der Waals surface area contributed by atoms with Gasteiger partial charge in [0.05, 0.1) is 5.75 Å². The molecule has 10 heteroatoms. The van der Waals surface area contributed by atoms with Crippen LogP contribution in [0, 0.1) is 0 Å². The second-order valence-electron chi connectivity index (χ2n) is 4.72. The summed E-state index contributed by atoms with van der Waals surface area (Å²) in [6, 6.07) is 5.70. The molecule has 0 spiro atoms. The zero-order valence-corrected chi connectivity index (χ0v) is 14.9. The van der Waals surface area contributed by atoms with Crippen LogP contribution in [-0.4, -0.2) is 40.6 Å². The summed E-state index contributed by atoms with van der Waals surface area (Å²) in [4.78, 5) is 50.0. The van der Waals surface area contributed by atoms with Crippen LogP contribution in [0.5, 0.6) is 0 Å². The maximum absolute atomic E-state index is 11.9. The van der Waals surface area contributed by atoms with Crippen molar-refractivity contribution in [3.63, 3.8) is 0 Å². The average molecular weight is 413 g/mol. The lowest BCUT2D eigenvalue weighted by molar-refractivity contribution is -0.134. The van der Waals surface area contributed by atoms with E-state index in [-0.39, 0.29) is 16.8 Å². The summed E-state index contributed by atoms with van der Waals surface area (Å²) in [5.41, 5.74) is 0.625. The highest BCUT2D eigenvalue weighted by Crippen LogP contribution is 2.15. The van der Waals surface area contributed by atoms with Crippen molar-refractivity contribution < 1.29 is 19.2 Å². The molecule has 24 heavy (non-hydrogen) atoms. The normalized spacial score (nSPS) is 16.9. The highest BCUT2D eigenvalue weighted by atomic mass is 79.9. The summed E-state index contributed by atoms with van der Waals surface area (Å²) < 4.78 is 0.890. The van der Waals surface area contributed by atoms with Crippen molar-refractivity contribution in [1.82, 2.24) is 10.6 Å². The topological polar surface area (TPSA) is 117 Å². The zero-order chi connectivity index (χ0) is 17.7. The summed E-state index contributed by atoms with van der Waals surface area (Å²) in [6.45, 7) is 1.20. The van der Waals surface area contributed by atoms with Crippen LogP contribution in [0.15, 0.2) is 33.7 Å². The van der Waals surface area contributed by atoms with Crippen LogP contribution in [0.2, 0.25) is 0 Å². The number of amides is 4. The molecule has 1 heterocycles. The lowest BCUT2D eigenvalue weighted by Gasteiger charge is -2.19. The molecule has 1 aliphatic heterocycles. The Bertz CT molecular complexity index is 720. The van der Waals surface area contributed by atoms with Gasteiger partial charge in [-0.1, -0.05) is 27.7 Å². The number of thioether (sulfide) groups is 1. The van der Waals surface area contributed by atoms with Crippen molar-refractivity contribution in [2.75, 3.05) is 11.1 Å². The van der Waals surface area contributed by atoms with Gasteiger partial charge in [-0.05, 0) is 24.3 Å². The molecule has 0 fully saturated rings. The van der Waals surface area contributed by atoms with Gasteiger partial charge in [0.2, 0.25) is 11.8 Å². The summed E-state index contributed by atoms with van der Waals surface area (Å²) in [5, 5.41) is 7.29. The van der Waals surface area contributed by atoms with Crippen LogP contribution in [0.4, 0.5) is 5.69 Å². The Balaban J connectivity index is 1.88. The molecule has 3 N–H and O–H groups in total. The third-order valence-corrected chi connectivity index (χ3v) is 4.17. The molecular weight excluding hydrogens is 400 g/mol. The van der Waals surface area contributed by atoms with Crippen LogP contribution in [0.25, 0.3) is 0 Å². The van der Waals surface area contributed by atoms with Gasteiger partial charge in [-0.15, -0.1) is 0 Å². The van der Waals surface area contributed by atoms with Crippen molar-refractivity contribution in [3.05, 3.63) is 28.7 Å².